The van der Waals surface area contributed by atoms with Crippen molar-refractivity contribution >= 4 is 0 Å². The normalized spacial score (nSPS) is 33.6. The summed E-state index contributed by atoms with van der Waals surface area (Å²) in [7, 11) is 0. The second-order valence-electron chi connectivity index (χ2n) is 3.01. The molecule has 60 valence electrons. The van der Waals surface area contributed by atoms with Gasteiger partial charge in [0.25, 0.3) is 0 Å². The van der Waals surface area contributed by atoms with Crippen LogP contribution in [0.25, 0.3) is 0 Å². The molecule has 2 unspecified atom stereocenters. The van der Waals surface area contributed by atoms with Crippen molar-refractivity contribution in [3.63, 3.8) is 0 Å². The molecule has 10 heavy (non-hydrogen) atoms. The molecule has 0 aromatic rings. The molecule has 0 saturated heterocycles. The first-order chi connectivity index (χ1) is 4.74. The molecular weight excluding hydrogens is 136 g/mol. The molecule has 3 heteroatoms. The van der Waals surface area contributed by atoms with Crippen molar-refractivity contribution in [3.05, 3.63) is 0 Å². The van der Waals surface area contributed by atoms with Gasteiger partial charge in [0.2, 0.25) is 6.43 Å². The van der Waals surface area contributed by atoms with Gasteiger partial charge < -0.3 is 5.73 Å². The molecule has 0 spiro atoms. The standard InChI is InChI=1S/C7H13F2N/c8-7(9)6-2-1-5(3-6)4-10/h5-7H,1-4,10H2. The summed E-state index contributed by atoms with van der Waals surface area (Å²) in [5.41, 5.74) is 5.35. The van der Waals surface area contributed by atoms with E-state index in [2.05, 4.69) is 0 Å². The van der Waals surface area contributed by atoms with Crippen molar-refractivity contribution in [2.24, 2.45) is 17.6 Å². The number of hydrogen-bond donors (Lipinski definition) is 1. The highest BCUT2D eigenvalue weighted by Crippen LogP contribution is 2.33. The number of halogens is 2. The van der Waals surface area contributed by atoms with Gasteiger partial charge in [0.05, 0.1) is 0 Å². The Morgan fingerprint density at radius 1 is 1.40 bits per heavy atom. The Morgan fingerprint density at radius 3 is 2.40 bits per heavy atom. The minimum atomic E-state index is -2.13. The summed E-state index contributed by atoms with van der Waals surface area (Å²) in [6, 6.07) is 0. The molecular formula is C7H13F2N. The van der Waals surface area contributed by atoms with Crippen LogP contribution in [0.3, 0.4) is 0 Å². The second kappa shape index (κ2) is 3.28. The molecule has 2 atom stereocenters. The first-order valence-corrected chi connectivity index (χ1v) is 3.72. The van der Waals surface area contributed by atoms with E-state index in [0.29, 0.717) is 25.3 Å². The molecule has 0 aliphatic heterocycles. The van der Waals surface area contributed by atoms with Gasteiger partial charge in [-0.05, 0) is 31.7 Å². The lowest BCUT2D eigenvalue weighted by Gasteiger charge is -2.07. The molecule has 0 aromatic carbocycles. The summed E-state index contributed by atoms with van der Waals surface area (Å²) in [4.78, 5) is 0. The van der Waals surface area contributed by atoms with Crippen molar-refractivity contribution in [1.29, 1.82) is 0 Å². The fourth-order valence-electron chi connectivity index (χ4n) is 1.56. The van der Waals surface area contributed by atoms with E-state index in [-0.39, 0.29) is 5.92 Å². The molecule has 0 amide bonds. The van der Waals surface area contributed by atoms with Gasteiger partial charge in [-0.2, -0.15) is 0 Å². The van der Waals surface area contributed by atoms with Gasteiger partial charge in [0.15, 0.2) is 0 Å². The largest absolute Gasteiger partial charge is 0.330 e. The molecule has 1 aliphatic rings. The van der Waals surface area contributed by atoms with Gasteiger partial charge in [0.1, 0.15) is 0 Å². The molecule has 2 N–H and O–H groups in total. The monoisotopic (exact) mass is 149 g/mol. The number of nitrogens with two attached hydrogens (primary N) is 1. The summed E-state index contributed by atoms with van der Waals surface area (Å²) in [5, 5.41) is 0. The predicted molar refractivity (Wildman–Crippen MR) is 35.9 cm³/mol. The minimum absolute atomic E-state index is 0.360. The third-order valence-electron chi connectivity index (χ3n) is 2.27. The summed E-state index contributed by atoms with van der Waals surface area (Å²) in [6.45, 7) is 0.573. The van der Waals surface area contributed by atoms with Crippen LogP contribution in [0.2, 0.25) is 0 Å². The Balaban J connectivity index is 2.28. The van der Waals surface area contributed by atoms with Gasteiger partial charge in [-0.25, -0.2) is 8.78 Å². The highest BCUT2D eigenvalue weighted by molar-refractivity contribution is 4.77. The van der Waals surface area contributed by atoms with E-state index in [1.54, 1.807) is 0 Å². The van der Waals surface area contributed by atoms with Crippen LogP contribution >= 0.6 is 0 Å². The zero-order chi connectivity index (χ0) is 7.56. The summed E-state index contributed by atoms with van der Waals surface area (Å²) in [6.07, 6.45) is 0.0655. The Hall–Kier alpha value is -0.180. The summed E-state index contributed by atoms with van der Waals surface area (Å²) >= 11 is 0. The van der Waals surface area contributed by atoms with Crippen molar-refractivity contribution in [2.75, 3.05) is 6.54 Å². The highest BCUT2D eigenvalue weighted by Gasteiger charge is 2.29. The predicted octanol–water partition coefficient (Wildman–Crippen LogP) is 1.63. The first kappa shape index (κ1) is 7.92. The maximum Gasteiger partial charge on any atom is 0.241 e. The van der Waals surface area contributed by atoms with Gasteiger partial charge >= 0.3 is 0 Å². The SMILES string of the molecule is NCC1CCC(C(F)F)C1. The molecule has 0 heterocycles. The summed E-state index contributed by atoms with van der Waals surface area (Å²) in [5.74, 6) is -0.00690. The first-order valence-electron chi connectivity index (χ1n) is 3.72. The Morgan fingerprint density at radius 2 is 2.10 bits per heavy atom. The average molecular weight is 149 g/mol. The molecule has 0 radical (unpaired) electrons. The zero-order valence-corrected chi connectivity index (χ0v) is 5.89. The minimum Gasteiger partial charge on any atom is -0.330 e. The van der Waals surface area contributed by atoms with E-state index in [0.717, 1.165) is 6.42 Å². The lowest BCUT2D eigenvalue weighted by molar-refractivity contribution is 0.0786. The van der Waals surface area contributed by atoms with E-state index in [9.17, 15) is 8.78 Å². The zero-order valence-electron chi connectivity index (χ0n) is 5.89. The van der Waals surface area contributed by atoms with Crippen molar-refractivity contribution in [2.45, 2.75) is 25.7 Å². The number of hydrogen-bond acceptors (Lipinski definition) is 1. The van der Waals surface area contributed by atoms with Crippen LogP contribution in [-0.4, -0.2) is 13.0 Å². The van der Waals surface area contributed by atoms with Gasteiger partial charge in [-0.3, -0.25) is 0 Å². The van der Waals surface area contributed by atoms with Crippen LogP contribution in [0.5, 0.6) is 0 Å². The second-order valence-corrected chi connectivity index (χ2v) is 3.01. The van der Waals surface area contributed by atoms with Crippen LogP contribution in [0, 0.1) is 11.8 Å². The van der Waals surface area contributed by atoms with Crippen molar-refractivity contribution in [1.82, 2.24) is 0 Å². The molecule has 0 bridgehead atoms. The third kappa shape index (κ3) is 1.66. The fourth-order valence-corrected chi connectivity index (χ4v) is 1.56. The van der Waals surface area contributed by atoms with Crippen LogP contribution in [0.15, 0.2) is 0 Å². The molecule has 1 saturated carbocycles. The van der Waals surface area contributed by atoms with Crippen molar-refractivity contribution in [3.8, 4) is 0 Å². The maximum absolute atomic E-state index is 12.0. The number of alkyl halides is 2. The number of rotatable bonds is 2. The van der Waals surface area contributed by atoms with Crippen molar-refractivity contribution < 1.29 is 8.78 Å². The third-order valence-corrected chi connectivity index (χ3v) is 2.27. The molecule has 1 rings (SSSR count). The Labute approximate surface area is 59.6 Å². The fraction of sp³-hybridized carbons (Fsp3) is 1.00. The van der Waals surface area contributed by atoms with E-state index in [1.165, 1.54) is 0 Å². The Bertz CT molecular complexity index is 106. The van der Waals surface area contributed by atoms with Crippen LogP contribution in [0.4, 0.5) is 8.78 Å². The lowest BCUT2D eigenvalue weighted by Crippen LogP contribution is -2.12. The molecule has 1 fully saturated rings. The van der Waals surface area contributed by atoms with Gasteiger partial charge in [-0.15, -0.1) is 0 Å². The lowest BCUT2D eigenvalue weighted by atomic mass is 10.1. The Kier molecular flexibility index (Phi) is 2.60. The highest BCUT2D eigenvalue weighted by atomic mass is 19.3. The van der Waals surface area contributed by atoms with Crippen LogP contribution in [-0.2, 0) is 0 Å². The molecule has 1 aliphatic carbocycles. The maximum atomic E-state index is 12.0. The smallest absolute Gasteiger partial charge is 0.241 e. The summed E-state index contributed by atoms with van der Waals surface area (Å²) < 4.78 is 24.0. The van der Waals surface area contributed by atoms with Gasteiger partial charge in [0, 0.05) is 5.92 Å². The topological polar surface area (TPSA) is 26.0 Å². The van der Waals surface area contributed by atoms with E-state index >= 15 is 0 Å². The van der Waals surface area contributed by atoms with E-state index in [4.69, 9.17) is 5.73 Å². The molecule has 1 nitrogen and oxygen atoms in total. The van der Waals surface area contributed by atoms with Crippen LogP contribution in [0.1, 0.15) is 19.3 Å². The quantitative estimate of drug-likeness (QED) is 0.634. The molecule has 0 aromatic heterocycles. The van der Waals surface area contributed by atoms with E-state index in [1.807, 2.05) is 0 Å². The average Bonchev–Trinajstić information content (AvgIpc) is 2.34. The van der Waals surface area contributed by atoms with Gasteiger partial charge in [-0.1, -0.05) is 0 Å². The van der Waals surface area contributed by atoms with E-state index < -0.39 is 6.43 Å². The van der Waals surface area contributed by atoms with Crippen LogP contribution < -0.4 is 5.73 Å².